The quantitative estimate of drug-likeness (QED) is 0.349. The van der Waals surface area contributed by atoms with E-state index in [0.717, 1.165) is 39.1 Å². The molecule has 5 rings (SSSR count). The Labute approximate surface area is 191 Å². The number of aromatic nitrogens is 5. The molecule has 0 spiro atoms. The topological polar surface area (TPSA) is 57.8 Å². The zero-order valence-electron chi connectivity index (χ0n) is 17.9. The maximum atomic E-state index is 6.96. The van der Waals surface area contributed by atoms with Crippen molar-refractivity contribution >= 4 is 22.5 Å². The van der Waals surface area contributed by atoms with E-state index in [2.05, 4.69) is 22.2 Å². The molecule has 32 heavy (non-hydrogen) atoms. The molecular weight excluding hydrogens is 422 g/mol. The minimum absolute atomic E-state index is 0.519. The Kier molecular flexibility index (Phi) is 5.37. The van der Waals surface area contributed by atoms with Gasteiger partial charge in [0.15, 0.2) is 0 Å². The van der Waals surface area contributed by atoms with E-state index in [1.807, 2.05) is 72.0 Å². The van der Waals surface area contributed by atoms with Crippen molar-refractivity contribution in [3.63, 3.8) is 0 Å². The summed E-state index contributed by atoms with van der Waals surface area (Å²) in [6.45, 7) is 2.47. The number of pyridine rings is 1. The number of nitrogens with zero attached hydrogens (tertiary/aromatic N) is 5. The van der Waals surface area contributed by atoms with Gasteiger partial charge in [0.2, 0.25) is 5.88 Å². The maximum absolute atomic E-state index is 6.96. The molecule has 7 heteroatoms. The second kappa shape index (κ2) is 8.48. The van der Waals surface area contributed by atoms with Crippen molar-refractivity contribution in [3.05, 3.63) is 89.5 Å². The molecule has 0 fully saturated rings. The third-order valence-corrected chi connectivity index (χ3v) is 5.86. The summed E-state index contributed by atoms with van der Waals surface area (Å²) in [5.74, 6) is 1.46. The molecule has 0 saturated carbocycles. The lowest BCUT2D eigenvalue weighted by molar-refractivity contribution is 0.325. The molecule has 3 aromatic heterocycles. The fourth-order valence-electron chi connectivity index (χ4n) is 3.83. The van der Waals surface area contributed by atoms with Gasteiger partial charge in [-0.15, -0.1) is 0 Å². The lowest BCUT2D eigenvalue weighted by atomic mass is 10.0. The summed E-state index contributed by atoms with van der Waals surface area (Å²) in [5, 5.41) is 5.83. The van der Waals surface area contributed by atoms with Crippen molar-refractivity contribution in [1.82, 2.24) is 24.3 Å². The summed E-state index contributed by atoms with van der Waals surface area (Å²) in [7, 11) is 1.98. The second-order valence-electron chi connectivity index (χ2n) is 7.53. The summed E-state index contributed by atoms with van der Waals surface area (Å²) in [4.78, 5) is 9.23. The standard InChI is InChI=1S/C25H22ClN5O/c1-3-32-25-21(15-17-5-8-19(9-6-17)31-13-4-11-28-31)23(26)20-16-18(7-10-22(20)29-25)24-27-12-14-30(24)2/h4-14,16H,3,15H2,1-2H3. The van der Waals surface area contributed by atoms with Gasteiger partial charge in [-0.05, 0) is 48.9 Å². The van der Waals surface area contributed by atoms with Gasteiger partial charge in [-0.1, -0.05) is 23.7 Å². The highest BCUT2D eigenvalue weighted by Crippen LogP contribution is 2.36. The molecule has 0 bridgehead atoms. The summed E-state index contributed by atoms with van der Waals surface area (Å²) in [6.07, 6.45) is 8.02. The molecule has 2 aromatic carbocycles. The van der Waals surface area contributed by atoms with Crippen molar-refractivity contribution in [2.75, 3.05) is 6.61 Å². The monoisotopic (exact) mass is 443 g/mol. The van der Waals surface area contributed by atoms with Crippen molar-refractivity contribution < 1.29 is 4.74 Å². The second-order valence-corrected chi connectivity index (χ2v) is 7.91. The Balaban J connectivity index is 1.56. The molecule has 0 amide bonds. The Bertz CT molecular complexity index is 1370. The molecule has 6 nitrogen and oxygen atoms in total. The number of benzene rings is 2. The molecule has 0 radical (unpaired) electrons. The number of fused-ring (bicyclic) bond motifs is 1. The Morgan fingerprint density at radius 1 is 1.03 bits per heavy atom. The highest BCUT2D eigenvalue weighted by Gasteiger charge is 2.17. The zero-order valence-corrected chi connectivity index (χ0v) is 18.6. The average Bonchev–Trinajstić information content (AvgIpc) is 3.49. The molecule has 0 aliphatic heterocycles. The van der Waals surface area contributed by atoms with Crippen LogP contribution in [0.2, 0.25) is 5.02 Å². The summed E-state index contributed by atoms with van der Waals surface area (Å²) in [6, 6.07) is 16.2. The first kappa shape index (κ1) is 20.3. The number of aryl methyl sites for hydroxylation is 1. The lowest BCUT2D eigenvalue weighted by Crippen LogP contribution is -2.03. The SMILES string of the molecule is CCOc1nc2ccc(-c3nccn3C)cc2c(Cl)c1Cc1ccc(-n2cccn2)cc1. The predicted octanol–water partition coefficient (Wildman–Crippen LogP) is 5.46. The summed E-state index contributed by atoms with van der Waals surface area (Å²) < 4.78 is 9.69. The number of rotatable bonds is 6. The van der Waals surface area contributed by atoms with Gasteiger partial charge >= 0.3 is 0 Å². The maximum Gasteiger partial charge on any atom is 0.218 e. The van der Waals surface area contributed by atoms with Crippen LogP contribution in [0.1, 0.15) is 18.1 Å². The first-order valence-electron chi connectivity index (χ1n) is 10.5. The van der Waals surface area contributed by atoms with Crippen molar-refractivity contribution in [2.45, 2.75) is 13.3 Å². The van der Waals surface area contributed by atoms with Crippen LogP contribution in [0.15, 0.2) is 73.3 Å². The van der Waals surface area contributed by atoms with E-state index < -0.39 is 0 Å². The Morgan fingerprint density at radius 3 is 2.56 bits per heavy atom. The van der Waals surface area contributed by atoms with Gasteiger partial charge < -0.3 is 9.30 Å². The van der Waals surface area contributed by atoms with Crippen molar-refractivity contribution in [3.8, 4) is 23.0 Å². The number of hydrogen-bond acceptors (Lipinski definition) is 4. The predicted molar refractivity (Wildman–Crippen MR) is 126 cm³/mol. The van der Waals surface area contributed by atoms with Crippen molar-refractivity contribution in [1.29, 1.82) is 0 Å². The fraction of sp³-hybridized carbons (Fsp3) is 0.160. The minimum atomic E-state index is 0.519. The highest BCUT2D eigenvalue weighted by molar-refractivity contribution is 6.36. The van der Waals surface area contributed by atoms with Crippen LogP contribution in [0.4, 0.5) is 0 Å². The van der Waals surface area contributed by atoms with Gasteiger partial charge in [-0.25, -0.2) is 14.6 Å². The molecule has 3 heterocycles. The smallest absolute Gasteiger partial charge is 0.218 e. The Morgan fingerprint density at radius 2 is 1.88 bits per heavy atom. The van der Waals surface area contributed by atoms with E-state index >= 15 is 0 Å². The lowest BCUT2D eigenvalue weighted by Gasteiger charge is -2.15. The normalized spacial score (nSPS) is 11.2. The minimum Gasteiger partial charge on any atom is -0.478 e. The Hall–Kier alpha value is -3.64. The molecule has 0 unspecified atom stereocenters. The van der Waals surface area contributed by atoms with E-state index in [0.29, 0.717) is 23.9 Å². The van der Waals surface area contributed by atoms with Gasteiger partial charge in [-0.3, -0.25) is 0 Å². The van der Waals surface area contributed by atoms with Crippen LogP contribution in [0.5, 0.6) is 5.88 Å². The van der Waals surface area contributed by atoms with Gasteiger partial charge in [0, 0.05) is 54.8 Å². The summed E-state index contributed by atoms with van der Waals surface area (Å²) in [5.41, 5.74) is 4.79. The molecule has 0 N–H and O–H groups in total. The van der Waals surface area contributed by atoms with Crippen LogP contribution >= 0.6 is 11.6 Å². The molecule has 0 saturated heterocycles. The third kappa shape index (κ3) is 3.74. The van der Waals surface area contributed by atoms with E-state index in [1.165, 1.54) is 0 Å². The van der Waals surface area contributed by atoms with Crippen LogP contribution < -0.4 is 4.74 Å². The molecule has 0 atom stereocenters. The average molecular weight is 444 g/mol. The molecule has 5 aromatic rings. The van der Waals surface area contributed by atoms with Crippen LogP contribution in [0, 0.1) is 0 Å². The number of imidazole rings is 1. The first-order valence-corrected chi connectivity index (χ1v) is 10.8. The molecule has 0 aliphatic carbocycles. The van der Waals surface area contributed by atoms with E-state index in [9.17, 15) is 0 Å². The summed E-state index contributed by atoms with van der Waals surface area (Å²) >= 11 is 6.96. The van der Waals surface area contributed by atoms with Crippen LogP contribution in [0.3, 0.4) is 0 Å². The van der Waals surface area contributed by atoms with Crippen LogP contribution in [0.25, 0.3) is 28.0 Å². The molecular formula is C25H22ClN5O. The van der Waals surface area contributed by atoms with Gasteiger partial charge in [0.05, 0.1) is 22.8 Å². The molecule has 0 aliphatic rings. The van der Waals surface area contributed by atoms with Gasteiger partial charge in [0.25, 0.3) is 0 Å². The highest BCUT2D eigenvalue weighted by atomic mass is 35.5. The zero-order chi connectivity index (χ0) is 22.1. The first-order chi connectivity index (χ1) is 15.6. The van der Waals surface area contributed by atoms with Crippen molar-refractivity contribution in [2.24, 2.45) is 7.05 Å². The van der Waals surface area contributed by atoms with E-state index in [4.69, 9.17) is 21.3 Å². The number of halogens is 1. The van der Waals surface area contributed by atoms with Crippen LogP contribution in [-0.4, -0.2) is 30.9 Å². The van der Waals surface area contributed by atoms with Gasteiger partial charge in [-0.2, -0.15) is 5.10 Å². The van der Waals surface area contributed by atoms with Crippen LogP contribution in [-0.2, 0) is 13.5 Å². The largest absolute Gasteiger partial charge is 0.478 e. The number of hydrogen-bond donors (Lipinski definition) is 0. The fourth-order valence-corrected chi connectivity index (χ4v) is 4.13. The van der Waals surface area contributed by atoms with Gasteiger partial charge in [0.1, 0.15) is 5.82 Å². The molecule has 160 valence electrons. The van der Waals surface area contributed by atoms with E-state index in [1.54, 1.807) is 12.4 Å². The van der Waals surface area contributed by atoms with E-state index in [-0.39, 0.29) is 0 Å². The number of ether oxygens (including phenoxy) is 1. The third-order valence-electron chi connectivity index (χ3n) is 5.42.